The molecule has 0 aromatic heterocycles. The third kappa shape index (κ3) is 4.33. The topological polar surface area (TPSA) is 81.4 Å². The number of primary amides is 1. The molecule has 1 aromatic carbocycles. The van der Waals surface area contributed by atoms with E-state index < -0.39 is 5.54 Å². The molecule has 0 radical (unpaired) electrons. The van der Waals surface area contributed by atoms with Crippen molar-refractivity contribution in [2.75, 3.05) is 0 Å². The molecule has 2 saturated carbocycles. The van der Waals surface area contributed by atoms with Crippen molar-refractivity contribution in [1.29, 1.82) is 0 Å². The predicted molar refractivity (Wildman–Crippen MR) is 96.6 cm³/mol. The van der Waals surface area contributed by atoms with Gasteiger partial charge in [-0.3, -0.25) is 9.59 Å². The number of nitrogens with two attached hydrogens (primary N) is 1. The van der Waals surface area contributed by atoms with Crippen molar-refractivity contribution < 1.29 is 14.3 Å². The summed E-state index contributed by atoms with van der Waals surface area (Å²) in [6, 6.07) is 5.70. The van der Waals surface area contributed by atoms with Gasteiger partial charge in [-0.1, -0.05) is 6.07 Å². The first-order valence-electron chi connectivity index (χ1n) is 9.20. The Morgan fingerprint density at radius 3 is 2.48 bits per heavy atom. The van der Waals surface area contributed by atoms with Gasteiger partial charge in [0.05, 0.1) is 6.10 Å². The fourth-order valence-corrected chi connectivity index (χ4v) is 3.47. The van der Waals surface area contributed by atoms with E-state index in [1.807, 2.05) is 39.0 Å². The third-order valence-electron chi connectivity index (χ3n) is 5.07. The second-order valence-corrected chi connectivity index (χ2v) is 7.98. The molecular weight excluding hydrogens is 316 g/mol. The van der Waals surface area contributed by atoms with Gasteiger partial charge in [-0.2, -0.15) is 0 Å². The Hall–Kier alpha value is -2.04. The van der Waals surface area contributed by atoms with E-state index in [0.717, 1.165) is 18.6 Å². The molecule has 2 amide bonds. The second kappa shape index (κ2) is 6.70. The zero-order valence-corrected chi connectivity index (χ0v) is 15.3. The summed E-state index contributed by atoms with van der Waals surface area (Å²) in [5, 5.41) is 3.05. The van der Waals surface area contributed by atoms with Crippen LogP contribution in [-0.2, 0) is 4.79 Å². The maximum atomic E-state index is 12.8. The summed E-state index contributed by atoms with van der Waals surface area (Å²) < 4.78 is 5.94. The second-order valence-electron chi connectivity index (χ2n) is 7.98. The Kier molecular flexibility index (Phi) is 4.76. The molecule has 0 unspecified atom stereocenters. The molecule has 2 aliphatic rings. The van der Waals surface area contributed by atoms with Gasteiger partial charge in [-0.25, -0.2) is 0 Å². The van der Waals surface area contributed by atoms with Gasteiger partial charge in [0.1, 0.15) is 5.75 Å². The number of carbonyl (C=O) groups is 2. The molecule has 136 valence electrons. The molecule has 25 heavy (non-hydrogen) atoms. The predicted octanol–water partition coefficient (Wildman–Crippen LogP) is 3.13. The number of amides is 2. The highest BCUT2D eigenvalue weighted by molar-refractivity contribution is 5.95. The van der Waals surface area contributed by atoms with Gasteiger partial charge in [-0.15, -0.1) is 0 Å². The molecule has 2 fully saturated rings. The summed E-state index contributed by atoms with van der Waals surface area (Å²) in [4.78, 5) is 24.2. The number of hydrogen-bond acceptors (Lipinski definition) is 3. The first-order chi connectivity index (χ1) is 11.8. The molecule has 3 N–H and O–H groups in total. The fraction of sp³-hybridized carbons (Fsp3) is 0.600. The van der Waals surface area contributed by atoms with Gasteiger partial charge < -0.3 is 15.8 Å². The summed E-state index contributed by atoms with van der Waals surface area (Å²) in [6.07, 6.45) is 4.62. The maximum absolute atomic E-state index is 12.8. The molecule has 1 atom stereocenters. The van der Waals surface area contributed by atoms with E-state index in [9.17, 15) is 9.59 Å². The normalized spacial score (nSPS) is 19.4. The fourth-order valence-electron chi connectivity index (χ4n) is 3.47. The molecule has 0 saturated heterocycles. The number of ether oxygens (including phenoxy) is 1. The van der Waals surface area contributed by atoms with Crippen LogP contribution in [0, 0.1) is 5.92 Å². The monoisotopic (exact) mass is 344 g/mol. The summed E-state index contributed by atoms with van der Waals surface area (Å²) >= 11 is 0. The summed E-state index contributed by atoms with van der Waals surface area (Å²) in [7, 11) is 0. The van der Waals surface area contributed by atoms with Crippen LogP contribution in [0.1, 0.15) is 74.7 Å². The van der Waals surface area contributed by atoms with Crippen molar-refractivity contribution >= 4 is 11.8 Å². The number of rotatable bonds is 8. The summed E-state index contributed by atoms with van der Waals surface area (Å²) in [6.45, 7) is 5.89. The number of benzene rings is 1. The van der Waals surface area contributed by atoms with Gasteiger partial charge in [0, 0.05) is 17.5 Å². The smallest absolute Gasteiger partial charge is 0.251 e. The van der Waals surface area contributed by atoms with E-state index in [1.54, 1.807) is 0 Å². The molecule has 2 aliphatic carbocycles. The molecule has 5 heteroatoms. The lowest BCUT2D eigenvalue weighted by molar-refractivity contribution is -0.119. The lowest BCUT2D eigenvalue weighted by atomic mass is 9.90. The maximum Gasteiger partial charge on any atom is 0.251 e. The van der Waals surface area contributed by atoms with Gasteiger partial charge in [-0.05, 0) is 76.0 Å². The number of nitrogens with one attached hydrogen (secondary N) is 1. The van der Waals surface area contributed by atoms with E-state index in [2.05, 4.69) is 5.32 Å². The Bertz CT molecular complexity index is 678. The first-order valence-corrected chi connectivity index (χ1v) is 9.20. The third-order valence-corrected chi connectivity index (χ3v) is 5.07. The highest BCUT2D eigenvalue weighted by atomic mass is 16.5. The van der Waals surface area contributed by atoms with Crippen LogP contribution in [0.15, 0.2) is 18.2 Å². The van der Waals surface area contributed by atoms with Crippen molar-refractivity contribution in [3.63, 3.8) is 0 Å². The Labute approximate surface area is 149 Å². The quantitative estimate of drug-likeness (QED) is 0.760. The number of hydrogen-bond donors (Lipinski definition) is 2. The van der Waals surface area contributed by atoms with Crippen LogP contribution >= 0.6 is 0 Å². The molecule has 0 spiro atoms. The zero-order valence-electron chi connectivity index (χ0n) is 15.3. The Morgan fingerprint density at radius 2 is 1.96 bits per heavy atom. The molecule has 5 nitrogen and oxygen atoms in total. The summed E-state index contributed by atoms with van der Waals surface area (Å²) in [5.41, 5.74) is 6.57. The van der Waals surface area contributed by atoms with Crippen LogP contribution in [0.25, 0.3) is 0 Å². The Balaban J connectivity index is 1.80. The average Bonchev–Trinajstić information content (AvgIpc) is 3.37. The SMILES string of the molecule is CC(C)Oc1cc(C(=O)N[C@@](C)(CC(N)=O)C2CC2)ccc1C1CC1. The molecule has 1 aromatic rings. The first kappa shape index (κ1) is 17.8. The van der Waals surface area contributed by atoms with Crippen molar-refractivity contribution in [3.05, 3.63) is 29.3 Å². The van der Waals surface area contributed by atoms with Crippen LogP contribution < -0.4 is 15.8 Å². The van der Waals surface area contributed by atoms with Gasteiger partial charge in [0.15, 0.2) is 0 Å². The van der Waals surface area contributed by atoms with E-state index >= 15 is 0 Å². The van der Waals surface area contributed by atoms with E-state index in [1.165, 1.54) is 18.4 Å². The largest absolute Gasteiger partial charge is 0.491 e. The van der Waals surface area contributed by atoms with E-state index in [-0.39, 0.29) is 24.3 Å². The molecule has 0 aliphatic heterocycles. The van der Waals surface area contributed by atoms with Crippen LogP contribution in [0.3, 0.4) is 0 Å². The van der Waals surface area contributed by atoms with E-state index in [4.69, 9.17) is 10.5 Å². The highest BCUT2D eigenvalue weighted by Gasteiger charge is 2.43. The van der Waals surface area contributed by atoms with Crippen LogP contribution in [-0.4, -0.2) is 23.5 Å². The lowest BCUT2D eigenvalue weighted by Gasteiger charge is -2.30. The standard InChI is InChI=1S/C20H28N2O3/c1-12(2)25-17-10-14(6-9-16(17)13-4-5-13)19(24)22-20(3,11-18(21)23)15-7-8-15/h6,9-10,12-13,15H,4-5,7-8,11H2,1-3H3,(H2,21,23)(H,22,24)/t20-/m0/s1. The number of carbonyl (C=O) groups excluding carboxylic acids is 2. The van der Waals surface area contributed by atoms with Crippen molar-refractivity contribution in [3.8, 4) is 5.75 Å². The minimum Gasteiger partial charge on any atom is -0.491 e. The molecule has 0 bridgehead atoms. The minimum absolute atomic E-state index is 0.0578. The van der Waals surface area contributed by atoms with Gasteiger partial charge in [0.2, 0.25) is 5.91 Å². The van der Waals surface area contributed by atoms with E-state index in [0.29, 0.717) is 17.4 Å². The molecular formula is C20H28N2O3. The summed E-state index contributed by atoms with van der Waals surface area (Å²) in [5.74, 6) is 1.11. The highest BCUT2D eigenvalue weighted by Crippen LogP contribution is 2.45. The van der Waals surface area contributed by atoms with Gasteiger partial charge in [0.25, 0.3) is 5.91 Å². The molecule has 0 heterocycles. The minimum atomic E-state index is -0.572. The van der Waals surface area contributed by atoms with Crippen molar-refractivity contribution in [2.45, 2.75) is 70.4 Å². The Morgan fingerprint density at radius 1 is 1.28 bits per heavy atom. The lowest BCUT2D eigenvalue weighted by Crippen LogP contribution is -2.50. The zero-order chi connectivity index (χ0) is 18.2. The molecule has 3 rings (SSSR count). The van der Waals surface area contributed by atoms with Crippen LogP contribution in [0.2, 0.25) is 0 Å². The van der Waals surface area contributed by atoms with Gasteiger partial charge >= 0.3 is 0 Å². The van der Waals surface area contributed by atoms with Crippen molar-refractivity contribution in [2.24, 2.45) is 11.7 Å². The van der Waals surface area contributed by atoms with Crippen LogP contribution in [0.4, 0.5) is 0 Å². The average molecular weight is 344 g/mol. The van der Waals surface area contributed by atoms with Crippen LogP contribution in [0.5, 0.6) is 5.75 Å². The van der Waals surface area contributed by atoms with Crippen molar-refractivity contribution in [1.82, 2.24) is 5.32 Å².